The highest BCUT2D eigenvalue weighted by molar-refractivity contribution is 6.30. The quantitative estimate of drug-likeness (QED) is 0.643. The first kappa shape index (κ1) is 21.4. The van der Waals surface area contributed by atoms with Gasteiger partial charge in [0, 0.05) is 0 Å². The van der Waals surface area contributed by atoms with Gasteiger partial charge in [0.2, 0.25) is 0 Å². The van der Waals surface area contributed by atoms with Gasteiger partial charge in [-0.1, -0.05) is 53.1 Å². The van der Waals surface area contributed by atoms with Crippen LogP contribution in [0.15, 0.2) is 18.2 Å². The van der Waals surface area contributed by atoms with Crippen LogP contribution < -0.4 is 0 Å². The highest BCUT2D eigenvalue weighted by atomic mass is 35.5. The summed E-state index contributed by atoms with van der Waals surface area (Å²) in [5.74, 6) is -1.30. The second-order valence-corrected chi connectivity index (χ2v) is 9.16. The van der Waals surface area contributed by atoms with Crippen LogP contribution in [-0.4, -0.2) is 20.9 Å². The summed E-state index contributed by atoms with van der Waals surface area (Å²) in [5.41, 5.74) is 2.11. The van der Waals surface area contributed by atoms with Crippen LogP contribution in [0.3, 0.4) is 0 Å². The summed E-state index contributed by atoms with van der Waals surface area (Å²) in [6.07, 6.45) is 1.53. The zero-order chi connectivity index (χ0) is 20.5. The van der Waals surface area contributed by atoms with Gasteiger partial charge in [-0.05, 0) is 48.3 Å². The zero-order valence-electron chi connectivity index (χ0n) is 16.8. The minimum absolute atomic E-state index is 0.0165. The molecule has 148 valence electrons. The molecule has 0 aliphatic carbocycles. The van der Waals surface area contributed by atoms with Gasteiger partial charge in [-0.25, -0.2) is 13.9 Å². The van der Waals surface area contributed by atoms with Crippen molar-refractivity contribution in [3.8, 4) is 5.69 Å². The lowest BCUT2D eigenvalue weighted by Gasteiger charge is -2.22. The van der Waals surface area contributed by atoms with Crippen molar-refractivity contribution in [3.63, 3.8) is 0 Å². The van der Waals surface area contributed by atoms with Crippen molar-refractivity contribution in [2.75, 3.05) is 0 Å². The molecule has 1 atom stereocenters. The van der Waals surface area contributed by atoms with Crippen molar-refractivity contribution in [2.24, 2.45) is 11.3 Å². The average Bonchev–Trinajstić information content (AvgIpc) is 2.87. The fraction of sp³-hybridized carbons (Fsp3) is 0.524. The van der Waals surface area contributed by atoms with Crippen molar-refractivity contribution >= 4 is 17.6 Å². The normalized spacial score (nSPS) is 13.2. The summed E-state index contributed by atoms with van der Waals surface area (Å²) >= 11 is 5.93. The summed E-state index contributed by atoms with van der Waals surface area (Å²) in [7, 11) is 0. The molecule has 1 aromatic heterocycles. The van der Waals surface area contributed by atoms with Gasteiger partial charge in [-0.2, -0.15) is 5.10 Å². The maximum atomic E-state index is 13.6. The third-order valence-electron chi connectivity index (χ3n) is 4.40. The summed E-state index contributed by atoms with van der Waals surface area (Å²) in [4.78, 5) is 12.0. The Morgan fingerprint density at radius 1 is 1.30 bits per heavy atom. The molecule has 0 saturated heterocycles. The van der Waals surface area contributed by atoms with E-state index >= 15 is 0 Å². The molecule has 2 aromatic rings. The van der Waals surface area contributed by atoms with Crippen LogP contribution in [-0.2, 0) is 6.42 Å². The number of aromatic nitrogens is 2. The lowest BCUT2D eigenvalue weighted by atomic mass is 9.83. The topological polar surface area (TPSA) is 55.1 Å². The molecule has 2 rings (SSSR count). The smallest absolute Gasteiger partial charge is 0.339 e. The van der Waals surface area contributed by atoms with E-state index < -0.39 is 11.8 Å². The molecule has 1 heterocycles. The molecule has 0 aliphatic heterocycles. The van der Waals surface area contributed by atoms with Gasteiger partial charge in [0.15, 0.2) is 0 Å². The first-order chi connectivity index (χ1) is 12.4. The number of hydrogen-bond donors (Lipinski definition) is 1. The molecule has 0 fully saturated rings. The first-order valence-corrected chi connectivity index (χ1v) is 9.59. The molecule has 0 saturated carbocycles. The number of carboxylic acid groups (broad SMARTS) is 1. The summed E-state index contributed by atoms with van der Waals surface area (Å²) in [5, 5.41) is 14.5. The van der Waals surface area contributed by atoms with Crippen molar-refractivity contribution in [1.29, 1.82) is 0 Å². The van der Waals surface area contributed by atoms with Crippen molar-refractivity contribution in [3.05, 3.63) is 46.0 Å². The van der Waals surface area contributed by atoms with Crippen LogP contribution in [0.1, 0.15) is 75.6 Å². The number of carboxylic acids is 1. The van der Waals surface area contributed by atoms with E-state index in [4.69, 9.17) is 11.6 Å². The molecule has 0 spiro atoms. The molecule has 4 nitrogen and oxygen atoms in total. The Bertz CT molecular complexity index is 837. The third kappa shape index (κ3) is 5.10. The Morgan fingerprint density at radius 2 is 1.93 bits per heavy atom. The fourth-order valence-corrected chi connectivity index (χ4v) is 3.82. The van der Waals surface area contributed by atoms with Crippen LogP contribution in [0.4, 0.5) is 4.39 Å². The SMILES string of the molecule is CC(Cc1nn(-c2ccc(F)c(Cl)c2)c(C(C)C)c1C(=O)O)CC(C)(C)C. The number of halogens is 2. The molecule has 1 unspecified atom stereocenters. The minimum Gasteiger partial charge on any atom is -0.478 e. The van der Waals surface area contributed by atoms with E-state index in [-0.39, 0.29) is 27.8 Å². The van der Waals surface area contributed by atoms with Crippen LogP contribution in [0.5, 0.6) is 0 Å². The molecule has 0 aliphatic rings. The maximum Gasteiger partial charge on any atom is 0.339 e. The Kier molecular flexibility index (Phi) is 6.35. The van der Waals surface area contributed by atoms with Gasteiger partial charge in [-0.15, -0.1) is 0 Å². The number of benzene rings is 1. The number of nitrogens with zero attached hydrogens (tertiary/aromatic N) is 2. The van der Waals surface area contributed by atoms with E-state index in [0.717, 1.165) is 6.42 Å². The summed E-state index contributed by atoms with van der Waals surface area (Å²) < 4.78 is 15.2. The second kappa shape index (κ2) is 8.01. The Labute approximate surface area is 165 Å². The molecule has 0 amide bonds. The van der Waals surface area contributed by atoms with E-state index in [9.17, 15) is 14.3 Å². The lowest BCUT2D eigenvalue weighted by Crippen LogP contribution is -2.14. The van der Waals surface area contributed by atoms with E-state index in [1.165, 1.54) is 12.1 Å². The molecule has 0 radical (unpaired) electrons. The summed E-state index contributed by atoms with van der Waals surface area (Å²) in [6.45, 7) is 12.5. The van der Waals surface area contributed by atoms with E-state index in [0.29, 0.717) is 23.5 Å². The molecular weight excluding hydrogens is 367 g/mol. The van der Waals surface area contributed by atoms with E-state index in [1.54, 1.807) is 10.7 Å². The van der Waals surface area contributed by atoms with Gasteiger partial charge in [0.1, 0.15) is 11.4 Å². The predicted octanol–water partition coefficient (Wildman–Crippen LogP) is 6.10. The standard InChI is InChI=1S/C21H28ClFN2O2/c1-12(2)19-18(20(26)27)17(9-13(3)11-21(4,5)6)24-25(19)14-7-8-16(23)15(22)10-14/h7-8,10,12-13H,9,11H2,1-6H3,(H,26,27). The Morgan fingerprint density at radius 3 is 2.41 bits per heavy atom. The van der Waals surface area contributed by atoms with Crippen molar-refractivity contribution < 1.29 is 14.3 Å². The number of carbonyl (C=O) groups is 1. The lowest BCUT2D eigenvalue weighted by molar-refractivity contribution is 0.0693. The highest BCUT2D eigenvalue weighted by Gasteiger charge is 2.28. The van der Waals surface area contributed by atoms with E-state index in [1.807, 2.05) is 13.8 Å². The van der Waals surface area contributed by atoms with Gasteiger partial charge in [0.05, 0.1) is 22.1 Å². The maximum absolute atomic E-state index is 13.6. The molecule has 6 heteroatoms. The molecule has 27 heavy (non-hydrogen) atoms. The van der Waals surface area contributed by atoms with Crippen LogP contribution in [0.25, 0.3) is 5.69 Å². The average molecular weight is 395 g/mol. The Hall–Kier alpha value is -1.88. The minimum atomic E-state index is -0.990. The van der Waals surface area contributed by atoms with Crippen LogP contribution >= 0.6 is 11.6 Å². The predicted molar refractivity (Wildman–Crippen MR) is 107 cm³/mol. The van der Waals surface area contributed by atoms with E-state index in [2.05, 4.69) is 32.8 Å². The second-order valence-electron chi connectivity index (χ2n) is 8.75. The van der Waals surface area contributed by atoms with Crippen molar-refractivity contribution in [1.82, 2.24) is 9.78 Å². The first-order valence-electron chi connectivity index (χ1n) is 9.21. The number of aromatic carboxylic acids is 1. The van der Waals surface area contributed by atoms with Crippen LogP contribution in [0.2, 0.25) is 5.02 Å². The van der Waals surface area contributed by atoms with Crippen LogP contribution in [0, 0.1) is 17.2 Å². The van der Waals surface area contributed by atoms with Gasteiger partial charge in [0.25, 0.3) is 0 Å². The molecule has 0 bridgehead atoms. The van der Waals surface area contributed by atoms with Gasteiger partial charge >= 0.3 is 5.97 Å². The van der Waals surface area contributed by atoms with Gasteiger partial charge < -0.3 is 5.11 Å². The molecular formula is C21H28ClFN2O2. The molecule has 1 aromatic carbocycles. The monoisotopic (exact) mass is 394 g/mol. The highest BCUT2D eigenvalue weighted by Crippen LogP contribution is 2.31. The van der Waals surface area contributed by atoms with Crippen molar-refractivity contribution in [2.45, 2.75) is 60.3 Å². The molecule has 1 N–H and O–H groups in total. The number of hydrogen-bond acceptors (Lipinski definition) is 2. The third-order valence-corrected chi connectivity index (χ3v) is 4.69. The van der Waals surface area contributed by atoms with Gasteiger partial charge in [-0.3, -0.25) is 0 Å². The number of rotatable bonds is 6. The summed E-state index contributed by atoms with van der Waals surface area (Å²) in [6, 6.07) is 4.31. The largest absolute Gasteiger partial charge is 0.478 e. The Balaban J connectivity index is 2.57. The fourth-order valence-electron chi connectivity index (χ4n) is 3.65. The zero-order valence-corrected chi connectivity index (χ0v) is 17.6.